The second kappa shape index (κ2) is 6.48. The standard InChI is InChI=1S/C15H22ClN3OS/c1-15(2,20)10-18-5-7-19(8-6-18)13-4-3-11(14(17)21)9-12(13)16/h3-4,9,20H,5-8,10H2,1-2H3,(H2,17,21). The van der Waals surface area contributed by atoms with Gasteiger partial charge in [0.2, 0.25) is 0 Å². The van der Waals surface area contributed by atoms with Gasteiger partial charge in [-0.2, -0.15) is 0 Å². The molecule has 0 spiro atoms. The highest BCUT2D eigenvalue weighted by Gasteiger charge is 2.23. The molecule has 4 nitrogen and oxygen atoms in total. The summed E-state index contributed by atoms with van der Waals surface area (Å²) in [4.78, 5) is 4.89. The van der Waals surface area contributed by atoms with Crippen LogP contribution in [0.25, 0.3) is 0 Å². The van der Waals surface area contributed by atoms with E-state index in [1.54, 1.807) is 0 Å². The summed E-state index contributed by atoms with van der Waals surface area (Å²) in [6.07, 6.45) is 0. The number of hydrogen-bond acceptors (Lipinski definition) is 4. The van der Waals surface area contributed by atoms with Crippen LogP contribution in [0.2, 0.25) is 5.02 Å². The van der Waals surface area contributed by atoms with E-state index in [2.05, 4.69) is 9.80 Å². The Labute approximate surface area is 136 Å². The van der Waals surface area contributed by atoms with Crippen molar-refractivity contribution in [3.05, 3.63) is 28.8 Å². The quantitative estimate of drug-likeness (QED) is 0.827. The largest absolute Gasteiger partial charge is 0.389 e. The molecule has 6 heteroatoms. The van der Waals surface area contributed by atoms with E-state index >= 15 is 0 Å². The molecule has 0 aromatic heterocycles. The van der Waals surface area contributed by atoms with Crippen molar-refractivity contribution in [2.75, 3.05) is 37.6 Å². The lowest BCUT2D eigenvalue weighted by atomic mass is 10.1. The molecule has 3 N–H and O–H groups in total. The molecule has 21 heavy (non-hydrogen) atoms. The molecule has 0 saturated carbocycles. The first kappa shape index (κ1) is 16.5. The van der Waals surface area contributed by atoms with Crippen molar-refractivity contribution in [1.82, 2.24) is 4.90 Å². The molecule has 0 bridgehead atoms. The molecule has 1 aromatic carbocycles. The number of aliphatic hydroxyl groups is 1. The third-order valence-electron chi connectivity index (χ3n) is 3.56. The predicted octanol–water partition coefficient (Wildman–Crippen LogP) is 1.87. The summed E-state index contributed by atoms with van der Waals surface area (Å²) < 4.78 is 0. The van der Waals surface area contributed by atoms with Crippen LogP contribution >= 0.6 is 23.8 Å². The maximum Gasteiger partial charge on any atom is 0.104 e. The van der Waals surface area contributed by atoms with Crippen molar-refractivity contribution < 1.29 is 5.11 Å². The molecule has 0 atom stereocenters. The molecular formula is C15H22ClN3OS. The van der Waals surface area contributed by atoms with Gasteiger partial charge in [0.1, 0.15) is 4.99 Å². The molecular weight excluding hydrogens is 306 g/mol. The highest BCUT2D eigenvalue weighted by molar-refractivity contribution is 7.80. The molecule has 1 saturated heterocycles. The average Bonchev–Trinajstić information content (AvgIpc) is 2.38. The number of piperazine rings is 1. The third-order valence-corrected chi connectivity index (χ3v) is 4.09. The minimum atomic E-state index is -0.654. The van der Waals surface area contributed by atoms with E-state index < -0.39 is 5.60 Å². The zero-order valence-electron chi connectivity index (χ0n) is 12.5. The maximum absolute atomic E-state index is 9.88. The summed E-state index contributed by atoms with van der Waals surface area (Å²) >= 11 is 11.3. The average molecular weight is 328 g/mol. The van der Waals surface area contributed by atoms with E-state index in [1.165, 1.54) is 0 Å². The summed E-state index contributed by atoms with van der Waals surface area (Å²) in [5, 5.41) is 10.6. The third kappa shape index (κ3) is 4.54. The van der Waals surface area contributed by atoms with Crippen LogP contribution in [0.4, 0.5) is 5.69 Å². The van der Waals surface area contributed by atoms with Crippen LogP contribution in [-0.4, -0.2) is 53.3 Å². The Bertz CT molecular complexity index is 522. The topological polar surface area (TPSA) is 52.7 Å². The van der Waals surface area contributed by atoms with Crippen LogP contribution in [0.3, 0.4) is 0 Å². The molecule has 0 amide bonds. The summed E-state index contributed by atoms with van der Waals surface area (Å²) in [5.41, 5.74) is 6.77. The number of hydrogen-bond donors (Lipinski definition) is 2. The number of nitrogens with zero attached hydrogens (tertiary/aromatic N) is 2. The number of nitrogens with two attached hydrogens (primary N) is 1. The SMILES string of the molecule is CC(C)(O)CN1CCN(c2ccc(C(N)=S)cc2Cl)CC1. The number of anilines is 1. The minimum absolute atomic E-state index is 0.360. The van der Waals surface area contributed by atoms with Crippen molar-refractivity contribution in [3.63, 3.8) is 0 Å². The van der Waals surface area contributed by atoms with E-state index in [1.807, 2.05) is 32.0 Å². The number of β-amino-alcohol motifs (C(OH)–C–C–N with tert-alkyl or cyclic N) is 1. The van der Waals surface area contributed by atoms with Crippen LogP contribution in [0.1, 0.15) is 19.4 Å². The van der Waals surface area contributed by atoms with E-state index in [0.29, 0.717) is 16.6 Å². The van der Waals surface area contributed by atoms with Gasteiger partial charge in [-0.1, -0.05) is 23.8 Å². The van der Waals surface area contributed by atoms with Crippen LogP contribution in [0.5, 0.6) is 0 Å². The zero-order valence-corrected chi connectivity index (χ0v) is 14.0. The first-order valence-corrected chi connectivity index (χ1v) is 7.84. The van der Waals surface area contributed by atoms with Crippen molar-refractivity contribution in [1.29, 1.82) is 0 Å². The van der Waals surface area contributed by atoms with Crippen molar-refractivity contribution in [3.8, 4) is 0 Å². The van der Waals surface area contributed by atoms with E-state index in [4.69, 9.17) is 29.6 Å². The van der Waals surface area contributed by atoms with Gasteiger partial charge in [-0.3, -0.25) is 4.90 Å². The molecule has 1 heterocycles. The van der Waals surface area contributed by atoms with Crippen LogP contribution < -0.4 is 10.6 Å². The maximum atomic E-state index is 9.88. The van der Waals surface area contributed by atoms with E-state index in [9.17, 15) is 5.11 Å². The summed E-state index contributed by atoms with van der Waals surface area (Å²) in [7, 11) is 0. The molecule has 116 valence electrons. The zero-order chi connectivity index (χ0) is 15.6. The normalized spacial score (nSPS) is 17.0. The Morgan fingerprint density at radius 1 is 1.33 bits per heavy atom. The van der Waals surface area contributed by atoms with Gasteiger partial charge in [0.05, 0.1) is 16.3 Å². The highest BCUT2D eigenvalue weighted by Crippen LogP contribution is 2.28. The Kier molecular flexibility index (Phi) is 5.09. The van der Waals surface area contributed by atoms with Gasteiger partial charge in [-0.15, -0.1) is 0 Å². The predicted molar refractivity (Wildman–Crippen MR) is 92.3 cm³/mol. The summed E-state index contributed by atoms with van der Waals surface area (Å²) in [6.45, 7) is 7.98. The molecule has 1 fully saturated rings. The highest BCUT2D eigenvalue weighted by atomic mass is 35.5. The molecule has 1 aromatic rings. The van der Waals surface area contributed by atoms with Gasteiger partial charge in [0, 0.05) is 38.3 Å². The monoisotopic (exact) mass is 327 g/mol. The Hall–Kier alpha value is -0.880. The minimum Gasteiger partial charge on any atom is -0.389 e. The lowest BCUT2D eigenvalue weighted by Crippen LogP contribution is -2.50. The van der Waals surface area contributed by atoms with Crippen molar-refractivity contribution in [2.45, 2.75) is 19.4 Å². The molecule has 0 radical (unpaired) electrons. The molecule has 1 aliphatic heterocycles. The first-order chi connectivity index (χ1) is 9.76. The Balaban J connectivity index is 2.01. The van der Waals surface area contributed by atoms with Gasteiger partial charge in [-0.25, -0.2) is 0 Å². The number of halogens is 1. The van der Waals surface area contributed by atoms with Crippen LogP contribution in [-0.2, 0) is 0 Å². The fraction of sp³-hybridized carbons (Fsp3) is 0.533. The Morgan fingerprint density at radius 2 is 1.95 bits per heavy atom. The second-order valence-corrected chi connectivity index (χ2v) is 6.95. The van der Waals surface area contributed by atoms with Gasteiger partial charge < -0.3 is 15.7 Å². The van der Waals surface area contributed by atoms with Crippen molar-refractivity contribution in [2.24, 2.45) is 5.73 Å². The fourth-order valence-electron chi connectivity index (χ4n) is 2.61. The Morgan fingerprint density at radius 3 is 2.43 bits per heavy atom. The summed E-state index contributed by atoms with van der Waals surface area (Å²) in [5.74, 6) is 0. The van der Waals surface area contributed by atoms with Gasteiger partial charge in [0.25, 0.3) is 0 Å². The molecule has 0 unspecified atom stereocenters. The van der Waals surface area contributed by atoms with Crippen LogP contribution in [0, 0.1) is 0 Å². The van der Waals surface area contributed by atoms with Gasteiger partial charge in [0.15, 0.2) is 0 Å². The van der Waals surface area contributed by atoms with Gasteiger partial charge in [-0.05, 0) is 32.0 Å². The number of rotatable bonds is 4. The van der Waals surface area contributed by atoms with E-state index in [0.717, 1.165) is 37.4 Å². The fourth-order valence-corrected chi connectivity index (χ4v) is 3.04. The summed E-state index contributed by atoms with van der Waals surface area (Å²) in [6, 6.07) is 5.71. The van der Waals surface area contributed by atoms with E-state index in [-0.39, 0.29) is 0 Å². The second-order valence-electron chi connectivity index (χ2n) is 6.11. The first-order valence-electron chi connectivity index (χ1n) is 7.05. The number of thiocarbonyl (C=S) groups is 1. The number of benzene rings is 1. The lowest BCUT2D eigenvalue weighted by Gasteiger charge is -2.38. The van der Waals surface area contributed by atoms with Crippen molar-refractivity contribution >= 4 is 34.5 Å². The van der Waals surface area contributed by atoms with Crippen LogP contribution in [0.15, 0.2) is 18.2 Å². The molecule has 2 rings (SSSR count). The smallest absolute Gasteiger partial charge is 0.104 e. The molecule has 1 aliphatic rings. The molecule has 0 aliphatic carbocycles. The van der Waals surface area contributed by atoms with Gasteiger partial charge >= 0.3 is 0 Å². The lowest BCUT2D eigenvalue weighted by molar-refractivity contribution is 0.0345.